The molecule has 0 rings (SSSR count). The van der Waals surface area contributed by atoms with Crippen LogP contribution in [0.3, 0.4) is 0 Å². The van der Waals surface area contributed by atoms with E-state index in [0.717, 1.165) is 26.1 Å². The van der Waals surface area contributed by atoms with Crippen molar-refractivity contribution >= 4 is 0 Å². The average molecular weight is 204 g/mol. The Morgan fingerprint density at radius 1 is 0.571 bits per heavy atom. The summed E-state index contributed by atoms with van der Waals surface area (Å²) in [7, 11) is 0. The summed E-state index contributed by atoms with van der Waals surface area (Å²) in [6.07, 6.45) is 3.39. The summed E-state index contributed by atoms with van der Waals surface area (Å²) >= 11 is 0. The molecule has 14 heavy (non-hydrogen) atoms. The van der Waals surface area contributed by atoms with Gasteiger partial charge in [-0.3, -0.25) is 0 Å². The van der Waals surface area contributed by atoms with Gasteiger partial charge in [0.15, 0.2) is 0 Å². The van der Waals surface area contributed by atoms with E-state index in [0.29, 0.717) is 26.4 Å². The normalized spacial score (nSPS) is 10.7. The van der Waals surface area contributed by atoms with Crippen LogP contribution in [-0.4, -0.2) is 39.6 Å². The third-order valence-corrected chi connectivity index (χ3v) is 1.73. The van der Waals surface area contributed by atoms with Gasteiger partial charge in [0.1, 0.15) is 0 Å². The second-order valence-corrected chi connectivity index (χ2v) is 3.19. The van der Waals surface area contributed by atoms with Gasteiger partial charge in [-0.2, -0.15) is 0 Å². The maximum absolute atomic E-state index is 5.34. The molecule has 0 spiro atoms. The molecule has 0 heterocycles. The SMILES string of the molecule is CCCCOCCOCCOCCC. The lowest BCUT2D eigenvalue weighted by Crippen LogP contribution is -2.10. The van der Waals surface area contributed by atoms with Gasteiger partial charge in [0, 0.05) is 13.2 Å². The van der Waals surface area contributed by atoms with Gasteiger partial charge in [-0.15, -0.1) is 0 Å². The number of unbranched alkanes of at least 4 members (excludes halogenated alkanes) is 1. The van der Waals surface area contributed by atoms with Gasteiger partial charge >= 0.3 is 0 Å². The van der Waals surface area contributed by atoms with Crippen molar-refractivity contribution < 1.29 is 14.2 Å². The van der Waals surface area contributed by atoms with E-state index in [1.807, 2.05) is 0 Å². The molecule has 0 saturated heterocycles. The second kappa shape index (κ2) is 12.9. The zero-order chi connectivity index (χ0) is 10.5. The van der Waals surface area contributed by atoms with Gasteiger partial charge in [-0.1, -0.05) is 20.3 Å². The van der Waals surface area contributed by atoms with Gasteiger partial charge in [-0.25, -0.2) is 0 Å². The number of hydrogen-bond acceptors (Lipinski definition) is 3. The lowest BCUT2D eigenvalue weighted by Gasteiger charge is -2.05. The van der Waals surface area contributed by atoms with Crippen molar-refractivity contribution in [3.8, 4) is 0 Å². The summed E-state index contributed by atoms with van der Waals surface area (Å²) in [5, 5.41) is 0. The zero-order valence-corrected chi connectivity index (χ0v) is 9.59. The van der Waals surface area contributed by atoms with Crippen LogP contribution in [0.25, 0.3) is 0 Å². The predicted molar refractivity (Wildman–Crippen MR) is 57.7 cm³/mol. The molecule has 0 unspecified atom stereocenters. The Bertz CT molecular complexity index is 84.5. The Morgan fingerprint density at radius 2 is 1.07 bits per heavy atom. The molecule has 0 aliphatic heterocycles. The lowest BCUT2D eigenvalue weighted by atomic mass is 10.4. The summed E-state index contributed by atoms with van der Waals surface area (Å²) in [5.41, 5.74) is 0. The van der Waals surface area contributed by atoms with E-state index in [4.69, 9.17) is 14.2 Å². The third kappa shape index (κ3) is 11.9. The van der Waals surface area contributed by atoms with E-state index in [9.17, 15) is 0 Å². The van der Waals surface area contributed by atoms with Gasteiger partial charge in [0.2, 0.25) is 0 Å². The molecule has 0 aromatic rings. The average Bonchev–Trinajstić information content (AvgIpc) is 2.21. The van der Waals surface area contributed by atoms with Crippen LogP contribution in [0.15, 0.2) is 0 Å². The van der Waals surface area contributed by atoms with Crippen molar-refractivity contribution in [2.45, 2.75) is 33.1 Å². The van der Waals surface area contributed by atoms with Gasteiger partial charge in [0.25, 0.3) is 0 Å². The summed E-state index contributed by atoms with van der Waals surface area (Å²) < 4.78 is 15.9. The maximum Gasteiger partial charge on any atom is 0.0701 e. The highest BCUT2D eigenvalue weighted by Gasteiger charge is 1.90. The second-order valence-electron chi connectivity index (χ2n) is 3.19. The topological polar surface area (TPSA) is 27.7 Å². The molecule has 3 heteroatoms. The molecule has 0 amide bonds. The van der Waals surface area contributed by atoms with Crippen molar-refractivity contribution in [1.82, 2.24) is 0 Å². The van der Waals surface area contributed by atoms with E-state index in [1.54, 1.807) is 0 Å². The van der Waals surface area contributed by atoms with E-state index >= 15 is 0 Å². The van der Waals surface area contributed by atoms with Gasteiger partial charge in [-0.05, 0) is 12.8 Å². The highest BCUT2D eigenvalue weighted by Crippen LogP contribution is 1.88. The van der Waals surface area contributed by atoms with E-state index in [1.165, 1.54) is 6.42 Å². The third-order valence-electron chi connectivity index (χ3n) is 1.73. The van der Waals surface area contributed by atoms with Crippen molar-refractivity contribution in [2.75, 3.05) is 39.6 Å². The fourth-order valence-corrected chi connectivity index (χ4v) is 0.933. The first-order chi connectivity index (χ1) is 6.91. The number of ether oxygens (including phenoxy) is 3. The Balaban J connectivity index is 2.78. The Kier molecular flexibility index (Phi) is 12.8. The molecule has 0 N–H and O–H groups in total. The van der Waals surface area contributed by atoms with Crippen molar-refractivity contribution in [3.63, 3.8) is 0 Å². The molecule has 0 atom stereocenters. The highest BCUT2D eigenvalue weighted by atomic mass is 16.5. The molecule has 0 aliphatic rings. The number of rotatable bonds is 11. The minimum Gasteiger partial charge on any atom is -0.379 e. The standard InChI is InChI=1S/C11H24O3/c1-3-5-7-13-9-11-14-10-8-12-6-4-2/h3-11H2,1-2H3. The van der Waals surface area contributed by atoms with Crippen molar-refractivity contribution in [2.24, 2.45) is 0 Å². The Morgan fingerprint density at radius 3 is 1.57 bits per heavy atom. The molecule has 0 bridgehead atoms. The van der Waals surface area contributed by atoms with Crippen LogP contribution >= 0.6 is 0 Å². The molecule has 0 fully saturated rings. The smallest absolute Gasteiger partial charge is 0.0701 e. The molecule has 0 aromatic heterocycles. The minimum atomic E-state index is 0.678. The zero-order valence-electron chi connectivity index (χ0n) is 9.59. The Labute approximate surface area is 87.7 Å². The summed E-state index contributed by atoms with van der Waals surface area (Å²) in [6, 6.07) is 0. The van der Waals surface area contributed by atoms with Crippen LogP contribution in [-0.2, 0) is 14.2 Å². The van der Waals surface area contributed by atoms with Crippen LogP contribution in [0.4, 0.5) is 0 Å². The highest BCUT2D eigenvalue weighted by molar-refractivity contribution is 4.35. The van der Waals surface area contributed by atoms with Crippen LogP contribution in [0.1, 0.15) is 33.1 Å². The van der Waals surface area contributed by atoms with E-state index in [-0.39, 0.29) is 0 Å². The van der Waals surface area contributed by atoms with Crippen molar-refractivity contribution in [3.05, 3.63) is 0 Å². The molecule has 3 nitrogen and oxygen atoms in total. The van der Waals surface area contributed by atoms with Crippen LogP contribution in [0.5, 0.6) is 0 Å². The first-order valence-electron chi connectivity index (χ1n) is 5.65. The van der Waals surface area contributed by atoms with Crippen LogP contribution in [0, 0.1) is 0 Å². The molecule has 0 aromatic carbocycles. The quantitative estimate of drug-likeness (QED) is 0.483. The van der Waals surface area contributed by atoms with Crippen LogP contribution < -0.4 is 0 Å². The summed E-state index contributed by atoms with van der Waals surface area (Å²) in [4.78, 5) is 0. The fourth-order valence-electron chi connectivity index (χ4n) is 0.933. The minimum absolute atomic E-state index is 0.678. The predicted octanol–water partition coefficient (Wildman–Crippen LogP) is 2.25. The molecular formula is C11H24O3. The molecule has 0 saturated carbocycles. The Hall–Kier alpha value is -0.120. The molecular weight excluding hydrogens is 180 g/mol. The fraction of sp³-hybridized carbons (Fsp3) is 1.00. The molecule has 86 valence electrons. The first-order valence-corrected chi connectivity index (χ1v) is 5.65. The largest absolute Gasteiger partial charge is 0.379 e. The van der Waals surface area contributed by atoms with Crippen LogP contribution in [0.2, 0.25) is 0 Å². The summed E-state index contributed by atoms with van der Waals surface area (Å²) in [6.45, 7) is 8.70. The van der Waals surface area contributed by atoms with Crippen molar-refractivity contribution in [1.29, 1.82) is 0 Å². The van der Waals surface area contributed by atoms with E-state index < -0.39 is 0 Å². The van der Waals surface area contributed by atoms with E-state index in [2.05, 4.69) is 13.8 Å². The maximum atomic E-state index is 5.34. The van der Waals surface area contributed by atoms with Gasteiger partial charge < -0.3 is 14.2 Å². The molecule has 0 radical (unpaired) electrons. The molecule has 0 aliphatic carbocycles. The van der Waals surface area contributed by atoms with Gasteiger partial charge in [0.05, 0.1) is 26.4 Å². The number of hydrogen-bond donors (Lipinski definition) is 0. The lowest BCUT2D eigenvalue weighted by molar-refractivity contribution is 0.0142. The monoisotopic (exact) mass is 204 g/mol. The summed E-state index contributed by atoms with van der Waals surface area (Å²) in [5.74, 6) is 0. The first kappa shape index (κ1) is 13.9.